The van der Waals surface area contributed by atoms with Crippen molar-refractivity contribution in [2.24, 2.45) is 5.92 Å². The second-order valence-corrected chi connectivity index (χ2v) is 9.14. The average Bonchev–Trinajstić information content (AvgIpc) is 2.80. The molecule has 5 nitrogen and oxygen atoms in total. The maximum atomic E-state index is 14.0. The van der Waals surface area contributed by atoms with Crippen LogP contribution in [0, 0.1) is 11.7 Å². The van der Waals surface area contributed by atoms with Crippen LogP contribution in [0.25, 0.3) is 0 Å². The van der Waals surface area contributed by atoms with Crippen LogP contribution in [0.3, 0.4) is 0 Å². The van der Waals surface area contributed by atoms with Crippen LogP contribution in [0.2, 0.25) is 0 Å². The summed E-state index contributed by atoms with van der Waals surface area (Å²) in [4.78, 5) is 28.1. The van der Waals surface area contributed by atoms with Gasteiger partial charge in [-0.3, -0.25) is 9.59 Å². The van der Waals surface area contributed by atoms with Gasteiger partial charge < -0.3 is 15.5 Å². The third kappa shape index (κ3) is 5.29. The van der Waals surface area contributed by atoms with Gasteiger partial charge in [-0.25, -0.2) is 4.39 Å². The zero-order valence-electron chi connectivity index (χ0n) is 18.7. The summed E-state index contributed by atoms with van der Waals surface area (Å²) in [5, 5.41) is 5.96. The van der Waals surface area contributed by atoms with E-state index in [1.165, 1.54) is 18.6 Å². The SMILES string of the molecule is CC1CCN(c2ccc(NC(=O)c3ccccc3F)cc2C(=O)NC2CCCCC2)CC1. The predicted molar refractivity (Wildman–Crippen MR) is 126 cm³/mol. The first-order valence-corrected chi connectivity index (χ1v) is 11.8. The van der Waals surface area contributed by atoms with Gasteiger partial charge in [-0.1, -0.05) is 38.3 Å². The van der Waals surface area contributed by atoms with Crippen LogP contribution in [0.1, 0.15) is 72.6 Å². The molecule has 0 unspecified atom stereocenters. The maximum Gasteiger partial charge on any atom is 0.258 e. The Morgan fingerprint density at radius 1 is 0.906 bits per heavy atom. The van der Waals surface area contributed by atoms with Gasteiger partial charge in [0.1, 0.15) is 5.82 Å². The summed E-state index contributed by atoms with van der Waals surface area (Å²) >= 11 is 0. The molecule has 170 valence electrons. The molecule has 2 aromatic rings. The number of halogens is 1. The molecule has 4 rings (SSSR count). The number of anilines is 2. The van der Waals surface area contributed by atoms with E-state index >= 15 is 0 Å². The number of nitrogens with one attached hydrogen (secondary N) is 2. The fraction of sp³-hybridized carbons (Fsp3) is 0.462. The van der Waals surface area contributed by atoms with Crippen LogP contribution in [-0.2, 0) is 0 Å². The molecule has 0 atom stereocenters. The smallest absolute Gasteiger partial charge is 0.258 e. The molecule has 1 saturated heterocycles. The van der Waals surface area contributed by atoms with Gasteiger partial charge in [0, 0.05) is 30.5 Å². The van der Waals surface area contributed by atoms with Crippen LogP contribution in [-0.4, -0.2) is 30.9 Å². The van der Waals surface area contributed by atoms with E-state index in [0.29, 0.717) is 17.2 Å². The normalized spacial score (nSPS) is 17.8. The molecule has 6 heteroatoms. The molecule has 32 heavy (non-hydrogen) atoms. The Hall–Kier alpha value is -2.89. The Kier molecular flexibility index (Phi) is 7.08. The number of hydrogen-bond donors (Lipinski definition) is 2. The summed E-state index contributed by atoms with van der Waals surface area (Å²) in [7, 11) is 0. The van der Waals surface area contributed by atoms with Crippen molar-refractivity contribution in [3.8, 4) is 0 Å². The summed E-state index contributed by atoms with van der Waals surface area (Å²) in [5.41, 5.74) is 1.93. The molecule has 2 aliphatic rings. The number of amides is 2. The first-order valence-electron chi connectivity index (χ1n) is 11.8. The van der Waals surface area contributed by atoms with Crippen LogP contribution < -0.4 is 15.5 Å². The molecule has 0 spiro atoms. The molecule has 1 saturated carbocycles. The average molecular weight is 438 g/mol. The monoisotopic (exact) mass is 437 g/mol. The molecular weight excluding hydrogens is 405 g/mol. The Balaban J connectivity index is 1.58. The van der Waals surface area contributed by atoms with Gasteiger partial charge in [0.05, 0.1) is 11.1 Å². The van der Waals surface area contributed by atoms with E-state index in [1.807, 2.05) is 6.07 Å². The summed E-state index contributed by atoms with van der Waals surface area (Å²) in [6, 6.07) is 11.5. The number of carbonyl (C=O) groups is 2. The molecular formula is C26H32FN3O2. The van der Waals surface area contributed by atoms with Crippen LogP contribution in [0.4, 0.5) is 15.8 Å². The molecule has 0 aromatic heterocycles. The van der Waals surface area contributed by atoms with Gasteiger partial charge in [0.25, 0.3) is 11.8 Å². The van der Waals surface area contributed by atoms with Crippen molar-refractivity contribution in [1.29, 1.82) is 0 Å². The van der Waals surface area contributed by atoms with E-state index in [9.17, 15) is 14.0 Å². The molecule has 2 fully saturated rings. The van der Waals surface area contributed by atoms with E-state index in [2.05, 4.69) is 22.5 Å². The molecule has 1 aliphatic carbocycles. The Labute approximate surface area is 189 Å². The van der Waals surface area contributed by atoms with Crippen LogP contribution in [0.5, 0.6) is 0 Å². The standard InChI is InChI=1S/C26H32FN3O2/c1-18-13-15-30(16-14-18)24-12-11-20(29-25(31)21-9-5-6-10-23(21)27)17-22(24)26(32)28-19-7-3-2-4-8-19/h5-6,9-12,17-19H,2-4,7-8,13-16H2,1H3,(H,28,32)(H,29,31). The van der Waals surface area contributed by atoms with E-state index < -0.39 is 11.7 Å². The van der Waals surface area contributed by atoms with Gasteiger partial charge >= 0.3 is 0 Å². The number of benzene rings is 2. The fourth-order valence-electron chi connectivity index (χ4n) is 4.67. The zero-order chi connectivity index (χ0) is 22.5. The quantitative estimate of drug-likeness (QED) is 0.660. The minimum Gasteiger partial charge on any atom is -0.371 e. The zero-order valence-corrected chi connectivity index (χ0v) is 18.7. The second-order valence-electron chi connectivity index (χ2n) is 9.14. The van der Waals surface area contributed by atoms with Crippen molar-refractivity contribution in [2.75, 3.05) is 23.3 Å². The lowest BCUT2D eigenvalue weighted by atomic mass is 9.95. The summed E-state index contributed by atoms with van der Waals surface area (Å²) in [6.45, 7) is 4.08. The lowest BCUT2D eigenvalue weighted by molar-refractivity contribution is 0.0927. The van der Waals surface area contributed by atoms with Crippen molar-refractivity contribution >= 4 is 23.2 Å². The predicted octanol–water partition coefficient (Wildman–Crippen LogP) is 5.38. The molecule has 0 bridgehead atoms. The Bertz CT molecular complexity index is 963. The fourth-order valence-corrected chi connectivity index (χ4v) is 4.67. The van der Waals surface area contributed by atoms with Gasteiger partial charge in [0.2, 0.25) is 0 Å². The lowest BCUT2D eigenvalue weighted by Gasteiger charge is -2.34. The maximum absolute atomic E-state index is 14.0. The summed E-state index contributed by atoms with van der Waals surface area (Å²) < 4.78 is 14.0. The number of piperidine rings is 1. The Morgan fingerprint density at radius 2 is 1.62 bits per heavy atom. The highest BCUT2D eigenvalue weighted by atomic mass is 19.1. The van der Waals surface area contributed by atoms with Crippen molar-refractivity contribution < 1.29 is 14.0 Å². The molecule has 2 aromatic carbocycles. The molecule has 2 amide bonds. The highest BCUT2D eigenvalue weighted by molar-refractivity contribution is 6.06. The summed E-state index contributed by atoms with van der Waals surface area (Å²) in [5.74, 6) is -0.516. The first kappa shape index (κ1) is 22.3. The summed E-state index contributed by atoms with van der Waals surface area (Å²) in [6.07, 6.45) is 7.70. The highest BCUT2D eigenvalue weighted by Crippen LogP contribution is 2.29. The lowest BCUT2D eigenvalue weighted by Crippen LogP contribution is -2.38. The second kappa shape index (κ2) is 10.2. The number of carbonyl (C=O) groups excluding carboxylic acids is 2. The van der Waals surface area contributed by atoms with Gasteiger partial charge in [-0.15, -0.1) is 0 Å². The molecule has 2 N–H and O–H groups in total. The highest BCUT2D eigenvalue weighted by Gasteiger charge is 2.24. The number of rotatable bonds is 5. The molecule has 1 heterocycles. The largest absolute Gasteiger partial charge is 0.371 e. The minimum absolute atomic E-state index is 0.0187. The van der Waals surface area contributed by atoms with Crippen molar-refractivity contribution in [1.82, 2.24) is 5.32 Å². The van der Waals surface area contributed by atoms with Gasteiger partial charge in [-0.2, -0.15) is 0 Å². The van der Waals surface area contributed by atoms with Gasteiger partial charge in [-0.05, 0) is 61.9 Å². The molecule has 1 aliphatic heterocycles. The number of nitrogens with zero attached hydrogens (tertiary/aromatic N) is 1. The Morgan fingerprint density at radius 3 is 2.34 bits per heavy atom. The van der Waals surface area contributed by atoms with E-state index in [-0.39, 0.29) is 17.5 Å². The van der Waals surface area contributed by atoms with Crippen molar-refractivity contribution in [3.05, 3.63) is 59.4 Å². The van der Waals surface area contributed by atoms with E-state index in [0.717, 1.165) is 57.3 Å². The first-order chi connectivity index (χ1) is 15.5. The third-order valence-electron chi connectivity index (χ3n) is 6.68. The topological polar surface area (TPSA) is 61.4 Å². The van der Waals surface area contributed by atoms with E-state index in [4.69, 9.17) is 0 Å². The van der Waals surface area contributed by atoms with Gasteiger partial charge in [0.15, 0.2) is 0 Å². The van der Waals surface area contributed by atoms with Crippen molar-refractivity contribution in [3.63, 3.8) is 0 Å². The van der Waals surface area contributed by atoms with Crippen LogP contribution >= 0.6 is 0 Å². The third-order valence-corrected chi connectivity index (χ3v) is 6.68. The minimum atomic E-state index is -0.570. The van der Waals surface area contributed by atoms with Crippen molar-refractivity contribution in [2.45, 2.75) is 57.9 Å². The van der Waals surface area contributed by atoms with Crippen LogP contribution in [0.15, 0.2) is 42.5 Å². The number of hydrogen-bond acceptors (Lipinski definition) is 3. The molecule has 0 radical (unpaired) electrons. The van der Waals surface area contributed by atoms with E-state index in [1.54, 1.807) is 24.3 Å².